The SMILES string of the molecule is FC(F)(F)C1CN(Cc2noc(C3CCOCC3)n2)C1. The number of ether oxygens (including phenoxy) is 1. The number of likely N-dealkylation sites (tertiary alicyclic amines) is 1. The fraction of sp³-hybridized carbons (Fsp3) is 0.833. The largest absolute Gasteiger partial charge is 0.394 e. The van der Waals surface area contributed by atoms with E-state index in [1.54, 1.807) is 4.90 Å². The van der Waals surface area contributed by atoms with Crippen molar-refractivity contribution in [2.75, 3.05) is 26.3 Å². The van der Waals surface area contributed by atoms with Crippen molar-refractivity contribution in [2.45, 2.75) is 31.5 Å². The molecule has 3 rings (SSSR count). The summed E-state index contributed by atoms with van der Waals surface area (Å²) in [5.41, 5.74) is 0. The number of nitrogens with zero attached hydrogens (tertiary/aromatic N) is 3. The highest BCUT2D eigenvalue weighted by Gasteiger charge is 2.47. The van der Waals surface area contributed by atoms with Crippen LogP contribution in [0.25, 0.3) is 0 Å². The van der Waals surface area contributed by atoms with Crippen LogP contribution in [0, 0.1) is 5.92 Å². The molecule has 2 saturated heterocycles. The van der Waals surface area contributed by atoms with E-state index in [2.05, 4.69) is 10.1 Å². The van der Waals surface area contributed by atoms with Gasteiger partial charge in [-0.3, -0.25) is 4.90 Å². The third-order valence-corrected chi connectivity index (χ3v) is 3.84. The molecule has 2 aliphatic rings. The van der Waals surface area contributed by atoms with E-state index < -0.39 is 12.1 Å². The lowest BCUT2D eigenvalue weighted by molar-refractivity contribution is -0.210. The molecule has 0 amide bonds. The van der Waals surface area contributed by atoms with Gasteiger partial charge in [0.1, 0.15) is 0 Å². The van der Waals surface area contributed by atoms with Crippen molar-refractivity contribution in [1.82, 2.24) is 15.0 Å². The number of halogens is 3. The Bertz CT molecular complexity index is 451. The first-order valence-corrected chi connectivity index (χ1v) is 6.71. The van der Waals surface area contributed by atoms with Gasteiger partial charge in [-0.15, -0.1) is 0 Å². The Hall–Kier alpha value is -1.15. The molecule has 1 aromatic heterocycles. The predicted molar refractivity (Wildman–Crippen MR) is 61.9 cm³/mol. The molecule has 0 aliphatic carbocycles. The smallest absolute Gasteiger partial charge is 0.381 e. The zero-order chi connectivity index (χ0) is 14.2. The zero-order valence-corrected chi connectivity index (χ0v) is 10.9. The molecule has 0 radical (unpaired) electrons. The number of hydrogen-bond donors (Lipinski definition) is 0. The van der Waals surface area contributed by atoms with Crippen LogP contribution in [-0.2, 0) is 11.3 Å². The van der Waals surface area contributed by atoms with Gasteiger partial charge in [-0.2, -0.15) is 18.2 Å². The molecule has 20 heavy (non-hydrogen) atoms. The minimum atomic E-state index is -4.10. The Labute approximate surface area is 114 Å². The maximum atomic E-state index is 12.4. The summed E-state index contributed by atoms with van der Waals surface area (Å²) in [6.45, 7) is 1.72. The Balaban J connectivity index is 1.51. The molecule has 0 spiro atoms. The minimum absolute atomic E-state index is 0.0185. The first-order chi connectivity index (χ1) is 9.52. The lowest BCUT2D eigenvalue weighted by Crippen LogP contribution is -2.52. The maximum Gasteiger partial charge on any atom is 0.394 e. The summed E-state index contributed by atoms with van der Waals surface area (Å²) in [6, 6.07) is 0. The third-order valence-electron chi connectivity index (χ3n) is 3.84. The van der Waals surface area contributed by atoms with Crippen LogP contribution in [-0.4, -0.2) is 47.5 Å². The van der Waals surface area contributed by atoms with Crippen LogP contribution in [0.4, 0.5) is 13.2 Å². The predicted octanol–water partition coefficient (Wildman–Crippen LogP) is 1.96. The standard InChI is InChI=1S/C12H16F3N3O2/c13-12(14,15)9-5-18(6-9)7-10-16-11(20-17-10)8-1-3-19-4-2-8/h8-9H,1-7H2. The van der Waals surface area contributed by atoms with E-state index in [0.717, 1.165) is 12.8 Å². The fourth-order valence-electron chi connectivity index (χ4n) is 2.55. The molecular formula is C12H16F3N3O2. The van der Waals surface area contributed by atoms with E-state index in [-0.39, 0.29) is 19.0 Å². The van der Waals surface area contributed by atoms with Crippen LogP contribution < -0.4 is 0 Å². The average Bonchev–Trinajstić information content (AvgIpc) is 2.81. The lowest BCUT2D eigenvalue weighted by Gasteiger charge is -2.39. The van der Waals surface area contributed by atoms with Gasteiger partial charge in [0, 0.05) is 32.2 Å². The van der Waals surface area contributed by atoms with Crippen molar-refractivity contribution in [1.29, 1.82) is 0 Å². The molecule has 2 aliphatic heterocycles. The average molecular weight is 291 g/mol. The summed E-state index contributed by atoms with van der Waals surface area (Å²) in [4.78, 5) is 5.96. The Morgan fingerprint density at radius 1 is 1.20 bits per heavy atom. The van der Waals surface area contributed by atoms with Crippen molar-refractivity contribution >= 4 is 0 Å². The summed E-state index contributed by atoms with van der Waals surface area (Å²) in [7, 11) is 0. The first kappa shape index (κ1) is 13.8. The van der Waals surface area contributed by atoms with Gasteiger partial charge < -0.3 is 9.26 Å². The molecular weight excluding hydrogens is 275 g/mol. The zero-order valence-electron chi connectivity index (χ0n) is 10.9. The Morgan fingerprint density at radius 3 is 2.55 bits per heavy atom. The quantitative estimate of drug-likeness (QED) is 0.852. The molecule has 2 fully saturated rings. The van der Waals surface area contributed by atoms with Crippen LogP contribution in [0.3, 0.4) is 0 Å². The van der Waals surface area contributed by atoms with Crippen molar-refractivity contribution < 1.29 is 22.4 Å². The molecule has 0 aromatic carbocycles. The van der Waals surface area contributed by atoms with Gasteiger partial charge in [0.25, 0.3) is 0 Å². The van der Waals surface area contributed by atoms with Crippen LogP contribution >= 0.6 is 0 Å². The van der Waals surface area contributed by atoms with Crippen LogP contribution in [0.15, 0.2) is 4.52 Å². The van der Waals surface area contributed by atoms with E-state index in [0.29, 0.717) is 31.5 Å². The highest BCUT2D eigenvalue weighted by molar-refractivity contribution is 4.96. The third kappa shape index (κ3) is 2.95. The van der Waals surface area contributed by atoms with E-state index >= 15 is 0 Å². The Morgan fingerprint density at radius 2 is 1.90 bits per heavy atom. The van der Waals surface area contributed by atoms with Crippen LogP contribution in [0.2, 0.25) is 0 Å². The van der Waals surface area contributed by atoms with E-state index in [1.807, 2.05) is 0 Å². The van der Waals surface area contributed by atoms with Crippen molar-refractivity contribution in [3.8, 4) is 0 Å². The second kappa shape index (κ2) is 5.33. The van der Waals surface area contributed by atoms with E-state index in [1.165, 1.54) is 0 Å². The van der Waals surface area contributed by atoms with Gasteiger partial charge in [0.05, 0.1) is 12.5 Å². The molecule has 0 bridgehead atoms. The highest BCUT2D eigenvalue weighted by Crippen LogP contribution is 2.34. The molecule has 0 N–H and O–H groups in total. The highest BCUT2D eigenvalue weighted by atomic mass is 19.4. The molecule has 112 valence electrons. The topological polar surface area (TPSA) is 51.4 Å². The van der Waals surface area contributed by atoms with E-state index in [9.17, 15) is 13.2 Å². The second-order valence-corrected chi connectivity index (χ2v) is 5.37. The molecule has 8 heteroatoms. The summed E-state index contributed by atoms with van der Waals surface area (Å²) < 4.78 is 47.6. The lowest BCUT2D eigenvalue weighted by atomic mass is 10.00. The first-order valence-electron chi connectivity index (χ1n) is 6.71. The number of rotatable bonds is 3. The Kier molecular flexibility index (Phi) is 3.68. The van der Waals surface area contributed by atoms with Gasteiger partial charge in [-0.25, -0.2) is 0 Å². The molecule has 0 unspecified atom stereocenters. The van der Waals surface area contributed by atoms with Crippen molar-refractivity contribution in [3.05, 3.63) is 11.7 Å². The van der Waals surface area contributed by atoms with Gasteiger partial charge in [0.15, 0.2) is 5.82 Å². The summed E-state index contributed by atoms with van der Waals surface area (Å²) in [6.07, 6.45) is -2.40. The normalized spacial score (nSPS) is 22.9. The van der Waals surface area contributed by atoms with Gasteiger partial charge in [-0.05, 0) is 12.8 Å². The van der Waals surface area contributed by atoms with Crippen LogP contribution in [0.5, 0.6) is 0 Å². The second-order valence-electron chi connectivity index (χ2n) is 5.37. The molecule has 3 heterocycles. The number of hydrogen-bond acceptors (Lipinski definition) is 5. The molecule has 0 saturated carbocycles. The minimum Gasteiger partial charge on any atom is -0.381 e. The maximum absolute atomic E-state index is 12.4. The van der Waals surface area contributed by atoms with E-state index in [4.69, 9.17) is 9.26 Å². The summed E-state index contributed by atoms with van der Waals surface area (Å²) in [5, 5.41) is 3.85. The van der Waals surface area contributed by atoms with Gasteiger partial charge >= 0.3 is 6.18 Å². The number of alkyl halides is 3. The molecule has 5 nitrogen and oxygen atoms in total. The molecule has 1 aromatic rings. The monoisotopic (exact) mass is 291 g/mol. The van der Waals surface area contributed by atoms with Crippen molar-refractivity contribution in [3.63, 3.8) is 0 Å². The molecule has 0 atom stereocenters. The van der Waals surface area contributed by atoms with Gasteiger partial charge in [0.2, 0.25) is 5.89 Å². The van der Waals surface area contributed by atoms with Crippen molar-refractivity contribution in [2.24, 2.45) is 5.92 Å². The number of aromatic nitrogens is 2. The van der Waals surface area contributed by atoms with Gasteiger partial charge in [-0.1, -0.05) is 5.16 Å². The van der Waals surface area contributed by atoms with Crippen LogP contribution in [0.1, 0.15) is 30.5 Å². The summed E-state index contributed by atoms with van der Waals surface area (Å²) in [5.74, 6) is 0.0389. The fourth-order valence-corrected chi connectivity index (χ4v) is 2.55. The summed E-state index contributed by atoms with van der Waals surface area (Å²) >= 11 is 0.